The number of aromatic nitrogens is 1. The molecule has 0 atom stereocenters. The zero-order valence-electron chi connectivity index (χ0n) is 16.2. The topological polar surface area (TPSA) is 43.8 Å². The predicted octanol–water partition coefficient (Wildman–Crippen LogP) is 4.30. The summed E-state index contributed by atoms with van der Waals surface area (Å²) in [5.41, 5.74) is 3.31. The number of halogens is 2. The van der Waals surface area contributed by atoms with Crippen molar-refractivity contribution in [3.63, 3.8) is 0 Å². The molecule has 0 aliphatic carbocycles. The zero-order chi connectivity index (χ0) is 20.2. The number of alkyl halides is 1. The maximum Gasteiger partial charge on any atom is 0.227 e. The van der Waals surface area contributed by atoms with Crippen molar-refractivity contribution in [3.8, 4) is 5.88 Å². The van der Waals surface area contributed by atoms with Crippen molar-refractivity contribution in [1.29, 1.82) is 0 Å². The van der Waals surface area contributed by atoms with E-state index in [9.17, 15) is 4.39 Å². The third-order valence-corrected chi connectivity index (χ3v) is 4.54. The minimum absolute atomic E-state index is 0.115. The summed E-state index contributed by atoms with van der Waals surface area (Å²) < 4.78 is 28.8. The zero-order valence-corrected chi connectivity index (χ0v) is 18.4. The minimum atomic E-state index is -0.471. The summed E-state index contributed by atoms with van der Waals surface area (Å²) in [6.07, 6.45) is 5.88. The van der Waals surface area contributed by atoms with E-state index in [1.807, 2.05) is 26.2 Å². The van der Waals surface area contributed by atoms with E-state index in [4.69, 9.17) is 14.2 Å². The van der Waals surface area contributed by atoms with Gasteiger partial charge >= 0.3 is 0 Å². The Hall–Kier alpha value is -1.71. The lowest BCUT2D eigenvalue weighted by Crippen LogP contribution is -2.12. The van der Waals surface area contributed by atoms with Crippen molar-refractivity contribution in [2.24, 2.45) is 0 Å². The van der Waals surface area contributed by atoms with Crippen LogP contribution in [0.3, 0.4) is 0 Å². The molecular formula is C21H26FIN2O3. The number of anilines is 1. The second kappa shape index (κ2) is 12.7. The van der Waals surface area contributed by atoms with Gasteiger partial charge in [-0.25, -0.2) is 9.37 Å². The van der Waals surface area contributed by atoms with E-state index >= 15 is 0 Å². The molecule has 0 unspecified atom stereocenters. The van der Waals surface area contributed by atoms with Crippen molar-refractivity contribution in [1.82, 2.24) is 4.98 Å². The van der Waals surface area contributed by atoms with Crippen molar-refractivity contribution in [2.75, 3.05) is 58.7 Å². The van der Waals surface area contributed by atoms with Crippen LogP contribution in [0.15, 0.2) is 36.5 Å². The van der Waals surface area contributed by atoms with Gasteiger partial charge < -0.3 is 19.1 Å². The summed E-state index contributed by atoms with van der Waals surface area (Å²) in [4.78, 5) is 6.45. The highest BCUT2D eigenvalue weighted by atomic mass is 125. The molecule has 0 amide bonds. The molecule has 0 N–H and O–H groups in total. The van der Waals surface area contributed by atoms with E-state index in [2.05, 4.69) is 62.8 Å². The molecule has 7 heteroatoms. The minimum Gasteiger partial charge on any atom is -0.474 e. The molecule has 1 heterocycles. The number of rotatable bonds is 12. The lowest BCUT2D eigenvalue weighted by molar-refractivity contribution is 0.0319. The second-order valence-corrected chi connectivity index (χ2v) is 7.30. The van der Waals surface area contributed by atoms with Gasteiger partial charge in [-0.1, -0.05) is 24.3 Å². The molecule has 152 valence electrons. The van der Waals surface area contributed by atoms with Gasteiger partial charge in [-0.3, -0.25) is 0 Å². The van der Waals surface area contributed by atoms with E-state index < -0.39 is 6.67 Å². The molecule has 0 fully saturated rings. The molecule has 0 saturated carbocycles. The molecule has 0 bridgehead atoms. The standard InChI is InChI=1S/C21H26FIN2O3/c1-25(2)19-7-5-17(6-8-19)3-4-18-15-20(23)21(24-16-18)28-14-13-27-12-11-26-10-9-22/h3-8,15-16H,9-14H2,1-2H3/b4-3+/i23-2. The average molecular weight is 498 g/mol. The lowest BCUT2D eigenvalue weighted by Gasteiger charge is -2.11. The number of ether oxygens (including phenoxy) is 3. The predicted molar refractivity (Wildman–Crippen MR) is 120 cm³/mol. The van der Waals surface area contributed by atoms with Crippen LogP contribution in [0.2, 0.25) is 0 Å². The molecular weight excluding hydrogens is 472 g/mol. The van der Waals surface area contributed by atoms with Crippen LogP contribution in [0.25, 0.3) is 12.2 Å². The van der Waals surface area contributed by atoms with E-state index in [0.717, 1.165) is 14.7 Å². The summed E-state index contributed by atoms with van der Waals surface area (Å²) in [7, 11) is 4.05. The average Bonchev–Trinajstić information content (AvgIpc) is 2.70. The van der Waals surface area contributed by atoms with Crippen LogP contribution >= 0.6 is 22.6 Å². The van der Waals surface area contributed by atoms with Crippen LogP contribution in [0.1, 0.15) is 11.1 Å². The smallest absolute Gasteiger partial charge is 0.227 e. The molecule has 2 rings (SSSR count). The number of nitrogens with zero attached hydrogens (tertiary/aromatic N) is 2. The maximum absolute atomic E-state index is 11.9. The van der Waals surface area contributed by atoms with Gasteiger partial charge in [0.2, 0.25) is 5.88 Å². The molecule has 2 aromatic rings. The molecule has 5 nitrogen and oxygen atoms in total. The molecule has 0 saturated heterocycles. The van der Waals surface area contributed by atoms with Gasteiger partial charge in [-0.15, -0.1) is 0 Å². The van der Waals surface area contributed by atoms with Crippen LogP contribution in [-0.2, 0) is 9.47 Å². The molecule has 1 aromatic carbocycles. The van der Waals surface area contributed by atoms with Gasteiger partial charge in [0, 0.05) is 26.0 Å². The Morgan fingerprint density at radius 2 is 1.61 bits per heavy atom. The second-order valence-electron chi connectivity index (χ2n) is 6.14. The lowest BCUT2D eigenvalue weighted by atomic mass is 10.1. The van der Waals surface area contributed by atoms with Crippen LogP contribution < -0.4 is 9.64 Å². The fourth-order valence-corrected chi connectivity index (χ4v) is 2.94. The number of hydrogen-bond acceptors (Lipinski definition) is 5. The van der Waals surface area contributed by atoms with Crippen LogP contribution in [0, 0.1) is 3.57 Å². The third-order valence-electron chi connectivity index (χ3n) is 3.77. The van der Waals surface area contributed by atoms with Crippen LogP contribution in [-0.4, -0.2) is 58.8 Å². The molecule has 28 heavy (non-hydrogen) atoms. The molecule has 0 aliphatic rings. The monoisotopic (exact) mass is 498 g/mol. The highest BCUT2D eigenvalue weighted by molar-refractivity contribution is 14.1. The van der Waals surface area contributed by atoms with Crippen molar-refractivity contribution >= 4 is 40.4 Å². The van der Waals surface area contributed by atoms with Crippen molar-refractivity contribution in [3.05, 3.63) is 51.2 Å². The number of pyridine rings is 1. The van der Waals surface area contributed by atoms with Crippen LogP contribution in [0.4, 0.5) is 10.1 Å². The van der Waals surface area contributed by atoms with Gasteiger partial charge in [0.15, 0.2) is 0 Å². The summed E-state index contributed by atoms with van der Waals surface area (Å²) >= 11 is 2.21. The van der Waals surface area contributed by atoms with E-state index in [1.54, 1.807) is 6.20 Å². The summed E-state index contributed by atoms with van der Waals surface area (Å²) in [5, 5.41) is 0. The SMILES string of the molecule is CN(C)c1ccc(/C=C/c2cnc(OCCOCCOCCF)c([125I])c2)cc1. The summed E-state index contributed by atoms with van der Waals surface area (Å²) in [5.74, 6) is 0.588. The fourth-order valence-electron chi connectivity index (χ4n) is 2.29. The van der Waals surface area contributed by atoms with Crippen LogP contribution in [0.5, 0.6) is 5.88 Å². The molecule has 0 spiro atoms. The Kier molecular flexibility index (Phi) is 10.2. The molecule has 0 aliphatic heterocycles. The van der Waals surface area contributed by atoms with E-state index in [-0.39, 0.29) is 6.61 Å². The first-order chi connectivity index (χ1) is 13.6. The summed E-state index contributed by atoms with van der Waals surface area (Å²) in [6.45, 7) is 1.29. The Labute approximate surface area is 179 Å². The molecule has 1 aromatic heterocycles. The largest absolute Gasteiger partial charge is 0.474 e. The van der Waals surface area contributed by atoms with E-state index in [0.29, 0.717) is 32.3 Å². The van der Waals surface area contributed by atoms with Gasteiger partial charge in [-0.2, -0.15) is 0 Å². The Bertz CT molecular complexity index is 739. The molecule has 0 radical (unpaired) electrons. The Balaban J connectivity index is 1.78. The first-order valence-corrected chi connectivity index (χ1v) is 10.1. The Morgan fingerprint density at radius 1 is 0.964 bits per heavy atom. The van der Waals surface area contributed by atoms with E-state index in [1.165, 1.54) is 5.69 Å². The third kappa shape index (κ3) is 8.12. The highest BCUT2D eigenvalue weighted by Gasteiger charge is 2.03. The van der Waals surface area contributed by atoms with Gasteiger partial charge in [0.05, 0.1) is 30.0 Å². The number of benzene rings is 1. The van der Waals surface area contributed by atoms with Crippen molar-refractivity contribution < 1.29 is 18.6 Å². The fraction of sp³-hybridized carbons (Fsp3) is 0.381. The maximum atomic E-state index is 11.9. The normalized spacial score (nSPS) is 11.1. The summed E-state index contributed by atoms with van der Waals surface area (Å²) in [6, 6.07) is 10.4. The van der Waals surface area contributed by atoms with Gasteiger partial charge in [0.25, 0.3) is 0 Å². The first-order valence-electron chi connectivity index (χ1n) is 9.05. The van der Waals surface area contributed by atoms with Gasteiger partial charge in [-0.05, 0) is 51.9 Å². The quantitative estimate of drug-likeness (QED) is 0.323. The number of hydrogen-bond donors (Lipinski definition) is 0. The first kappa shape index (κ1) is 22.6. The highest BCUT2D eigenvalue weighted by Crippen LogP contribution is 2.20. The van der Waals surface area contributed by atoms with Crippen molar-refractivity contribution in [2.45, 2.75) is 0 Å². The Morgan fingerprint density at radius 3 is 2.25 bits per heavy atom. The van der Waals surface area contributed by atoms with Gasteiger partial charge in [0.1, 0.15) is 13.3 Å².